The zero-order valence-corrected chi connectivity index (χ0v) is 7.45. The Kier molecular flexibility index (Phi) is 3.49. The van der Waals surface area contributed by atoms with Gasteiger partial charge in [-0.1, -0.05) is 0 Å². The summed E-state index contributed by atoms with van der Waals surface area (Å²) in [6.45, 7) is 3.80. The molecule has 0 aromatic rings. The molecule has 70 valence electrons. The Morgan fingerprint density at radius 3 is 3.08 bits per heavy atom. The standard InChI is InChI=1S/C8H16N2O2/c1-2-12-8(11)7-4-3-5-10(9)6-7/h7H,2-6,9H2,1H3/t7-/m1/s1. The molecule has 4 heteroatoms. The summed E-state index contributed by atoms with van der Waals surface area (Å²) in [5.41, 5.74) is 0. The topological polar surface area (TPSA) is 55.6 Å². The number of carbonyl (C=O) groups is 1. The second kappa shape index (κ2) is 4.42. The van der Waals surface area contributed by atoms with E-state index in [1.165, 1.54) is 0 Å². The molecule has 1 aliphatic rings. The maximum atomic E-state index is 11.2. The van der Waals surface area contributed by atoms with Crippen molar-refractivity contribution in [3.05, 3.63) is 0 Å². The second-order valence-corrected chi connectivity index (χ2v) is 3.09. The normalized spacial score (nSPS) is 25.3. The van der Waals surface area contributed by atoms with Crippen LogP contribution in [0.25, 0.3) is 0 Å². The van der Waals surface area contributed by atoms with Gasteiger partial charge in [-0.15, -0.1) is 0 Å². The Balaban J connectivity index is 2.35. The third kappa shape index (κ3) is 2.46. The van der Waals surface area contributed by atoms with Crippen LogP contribution in [0.15, 0.2) is 0 Å². The molecule has 1 saturated heterocycles. The van der Waals surface area contributed by atoms with Gasteiger partial charge in [0.2, 0.25) is 0 Å². The van der Waals surface area contributed by atoms with E-state index in [2.05, 4.69) is 0 Å². The largest absolute Gasteiger partial charge is 0.466 e. The van der Waals surface area contributed by atoms with Crippen LogP contribution >= 0.6 is 0 Å². The van der Waals surface area contributed by atoms with Gasteiger partial charge in [0.1, 0.15) is 0 Å². The first-order valence-corrected chi connectivity index (χ1v) is 4.40. The predicted molar refractivity (Wildman–Crippen MR) is 45.1 cm³/mol. The number of rotatable bonds is 2. The molecule has 0 saturated carbocycles. The summed E-state index contributed by atoms with van der Waals surface area (Å²) in [4.78, 5) is 11.2. The molecule has 1 heterocycles. The van der Waals surface area contributed by atoms with E-state index in [-0.39, 0.29) is 11.9 Å². The third-order valence-electron chi connectivity index (χ3n) is 2.07. The average Bonchev–Trinajstić information content (AvgIpc) is 2.05. The summed E-state index contributed by atoms with van der Waals surface area (Å²) in [5, 5.41) is 1.69. The van der Waals surface area contributed by atoms with Crippen LogP contribution in [0.4, 0.5) is 0 Å². The van der Waals surface area contributed by atoms with E-state index in [9.17, 15) is 4.79 Å². The van der Waals surface area contributed by atoms with Gasteiger partial charge in [0.15, 0.2) is 0 Å². The summed E-state index contributed by atoms with van der Waals surface area (Å²) in [7, 11) is 0. The number of hydrogen-bond acceptors (Lipinski definition) is 4. The number of ether oxygens (including phenoxy) is 1. The van der Waals surface area contributed by atoms with E-state index in [0.29, 0.717) is 13.2 Å². The van der Waals surface area contributed by atoms with Crippen molar-refractivity contribution >= 4 is 5.97 Å². The van der Waals surface area contributed by atoms with Crippen LogP contribution in [-0.2, 0) is 9.53 Å². The fourth-order valence-electron chi connectivity index (χ4n) is 1.46. The predicted octanol–water partition coefficient (Wildman–Crippen LogP) is 0.135. The zero-order valence-electron chi connectivity index (χ0n) is 7.45. The number of hydrazine groups is 1. The van der Waals surface area contributed by atoms with E-state index in [1.807, 2.05) is 6.92 Å². The number of nitrogens with two attached hydrogens (primary N) is 1. The fraction of sp³-hybridized carbons (Fsp3) is 0.875. The van der Waals surface area contributed by atoms with E-state index < -0.39 is 0 Å². The number of nitrogens with zero attached hydrogens (tertiary/aromatic N) is 1. The number of hydrogen-bond donors (Lipinski definition) is 1. The number of carbonyl (C=O) groups excluding carboxylic acids is 1. The van der Waals surface area contributed by atoms with Gasteiger partial charge in [-0.05, 0) is 19.8 Å². The third-order valence-corrected chi connectivity index (χ3v) is 2.07. The van der Waals surface area contributed by atoms with Crippen molar-refractivity contribution in [3.8, 4) is 0 Å². The smallest absolute Gasteiger partial charge is 0.310 e. The Bertz CT molecular complexity index is 161. The maximum absolute atomic E-state index is 11.2. The van der Waals surface area contributed by atoms with Crippen molar-refractivity contribution in [1.29, 1.82) is 0 Å². The lowest BCUT2D eigenvalue weighted by atomic mass is 10.00. The highest BCUT2D eigenvalue weighted by molar-refractivity contribution is 5.72. The quantitative estimate of drug-likeness (QED) is 0.475. The van der Waals surface area contributed by atoms with Gasteiger partial charge < -0.3 is 4.74 Å². The van der Waals surface area contributed by atoms with Gasteiger partial charge in [-0.3, -0.25) is 10.6 Å². The molecular formula is C8H16N2O2. The van der Waals surface area contributed by atoms with Gasteiger partial charge in [-0.25, -0.2) is 5.01 Å². The van der Waals surface area contributed by atoms with Gasteiger partial charge in [-0.2, -0.15) is 0 Å². The number of esters is 1. The zero-order chi connectivity index (χ0) is 8.97. The SMILES string of the molecule is CCOC(=O)[C@@H]1CCCN(N)C1. The molecule has 2 N–H and O–H groups in total. The fourth-order valence-corrected chi connectivity index (χ4v) is 1.46. The number of piperidine rings is 1. The van der Waals surface area contributed by atoms with Crippen molar-refractivity contribution in [1.82, 2.24) is 5.01 Å². The van der Waals surface area contributed by atoms with E-state index >= 15 is 0 Å². The lowest BCUT2D eigenvalue weighted by molar-refractivity contribution is -0.149. The Labute approximate surface area is 72.6 Å². The molecule has 4 nitrogen and oxygen atoms in total. The molecule has 0 bridgehead atoms. The Morgan fingerprint density at radius 2 is 2.50 bits per heavy atom. The molecule has 1 atom stereocenters. The minimum atomic E-state index is -0.104. The molecule has 0 unspecified atom stereocenters. The Hall–Kier alpha value is -0.610. The average molecular weight is 172 g/mol. The summed E-state index contributed by atoms with van der Waals surface area (Å²) < 4.78 is 4.91. The maximum Gasteiger partial charge on any atom is 0.310 e. The van der Waals surface area contributed by atoms with Crippen molar-refractivity contribution in [2.24, 2.45) is 11.8 Å². The summed E-state index contributed by atoms with van der Waals surface area (Å²) in [6.07, 6.45) is 1.90. The van der Waals surface area contributed by atoms with Crippen LogP contribution in [0.2, 0.25) is 0 Å². The van der Waals surface area contributed by atoms with Crippen molar-refractivity contribution in [2.75, 3.05) is 19.7 Å². The van der Waals surface area contributed by atoms with Crippen LogP contribution in [0.5, 0.6) is 0 Å². The van der Waals surface area contributed by atoms with Crippen LogP contribution < -0.4 is 5.84 Å². The highest BCUT2D eigenvalue weighted by Gasteiger charge is 2.24. The van der Waals surface area contributed by atoms with Crippen LogP contribution in [0.1, 0.15) is 19.8 Å². The lowest BCUT2D eigenvalue weighted by Crippen LogP contribution is -2.43. The molecule has 0 aromatic carbocycles. The molecule has 0 spiro atoms. The monoisotopic (exact) mass is 172 g/mol. The first-order valence-electron chi connectivity index (χ1n) is 4.40. The minimum Gasteiger partial charge on any atom is -0.466 e. The second-order valence-electron chi connectivity index (χ2n) is 3.09. The van der Waals surface area contributed by atoms with Gasteiger partial charge in [0.05, 0.1) is 12.5 Å². The van der Waals surface area contributed by atoms with Crippen LogP contribution in [-0.4, -0.2) is 30.7 Å². The first-order chi connectivity index (χ1) is 5.74. The highest BCUT2D eigenvalue weighted by Crippen LogP contribution is 2.15. The molecule has 1 aliphatic heterocycles. The van der Waals surface area contributed by atoms with Crippen LogP contribution in [0.3, 0.4) is 0 Å². The van der Waals surface area contributed by atoms with E-state index in [0.717, 1.165) is 19.4 Å². The summed E-state index contributed by atoms with van der Waals surface area (Å²) in [5.74, 6) is 5.47. The van der Waals surface area contributed by atoms with Crippen molar-refractivity contribution in [3.63, 3.8) is 0 Å². The lowest BCUT2D eigenvalue weighted by Gasteiger charge is -2.27. The van der Waals surface area contributed by atoms with E-state index in [4.69, 9.17) is 10.6 Å². The van der Waals surface area contributed by atoms with Crippen LogP contribution in [0, 0.1) is 5.92 Å². The van der Waals surface area contributed by atoms with Gasteiger partial charge in [0.25, 0.3) is 0 Å². The molecule has 0 amide bonds. The first kappa shape index (κ1) is 9.48. The highest BCUT2D eigenvalue weighted by atomic mass is 16.5. The molecule has 1 rings (SSSR count). The van der Waals surface area contributed by atoms with Crippen molar-refractivity contribution in [2.45, 2.75) is 19.8 Å². The molecule has 0 aromatic heterocycles. The van der Waals surface area contributed by atoms with Crippen molar-refractivity contribution < 1.29 is 9.53 Å². The molecule has 0 radical (unpaired) electrons. The minimum absolute atomic E-state index is 0.0105. The molecular weight excluding hydrogens is 156 g/mol. The summed E-state index contributed by atoms with van der Waals surface area (Å²) >= 11 is 0. The Morgan fingerprint density at radius 1 is 1.75 bits per heavy atom. The summed E-state index contributed by atoms with van der Waals surface area (Å²) in [6, 6.07) is 0. The van der Waals surface area contributed by atoms with Gasteiger partial charge in [0, 0.05) is 13.1 Å². The van der Waals surface area contributed by atoms with E-state index in [1.54, 1.807) is 5.01 Å². The molecule has 0 aliphatic carbocycles. The van der Waals surface area contributed by atoms with Gasteiger partial charge >= 0.3 is 5.97 Å². The molecule has 12 heavy (non-hydrogen) atoms. The molecule has 1 fully saturated rings.